The molecule has 0 fully saturated rings. The van der Waals surface area contributed by atoms with Crippen molar-refractivity contribution in [1.82, 2.24) is 4.90 Å². The van der Waals surface area contributed by atoms with Gasteiger partial charge >= 0.3 is 0 Å². The van der Waals surface area contributed by atoms with Crippen LogP contribution in [0.4, 0.5) is 0 Å². The fourth-order valence-corrected chi connectivity index (χ4v) is 0.664. The lowest BCUT2D eigenvalue weighted by atomic mass is 10.5. The van der Waals surface area contributed by atoms with Crippen LogP contribution in [0.25, 0.3) is 0 Å². The maximum Gasteiger partial charge on any atom is 0.0160 e. The van der Waals surface area contributed by atoms with Gasteiger partial charge in [-0.3, -0.25) is 0 Å². The second-order valence-electron chi connectivity index (χ2n) is 1.77. The largest absolute Gasteiger partial charge is 0.412 e. The molecule has 0 amide bonds. The van der Waals surface area contributed by atoms with Gasteiger partial charge in [0.25, 0.3) is 0 Å². The number of halogens is 1. The maximum atomic E-state index is 3.65. The number of rotatable bonds is 4. The Labute approximate surface area is 69.6 Å². The van der Waals surface area contributed by atoms with Crippen LogP contribution in [-0.2, 0) is 0 Å². The van der Waals surface area contributed by atoms with Gasteiger partial charge in [-0.25, -0.2) is 0 Å². The molecule has 0 aliphatic carbocycles. The highest BCUT2D eigenvalue weighted by atomic mass is 35.5. The van der Waals surface area contributed by atoms with Gasteiger partial charge in [-0.2, -0.15) is 0 Å². The second kappa shape index (κ2) is 11.7. The molecular formula is C7H18ClNO. The van der Waals surface area contributed by atoms with Crippen LogP contribution in [0, 0.1) is 0 Å². The first-order valence-electron chi connectivity index (χ1n) is 3.18. The Morgan fingerprint density at radius 3 is 1.80 bits per heavy atom. The molecule has 0 radical (unpaired) electrons. The molecule has 0 heterocycles. The van der Waals surface area contributed by atoms with Crippen LogP contribution in [0.1, 0.15) is 13.8 Å². The normalized spacial score (nSPS) is 7.90. The van der Waals surface area contributed by atoms with Gasteiger partial charge in [-0.05, 0) is 13.1 Å². The molecule has 0 aliphatic rings. The van der Waals surface area contributed by atoms with E-state index in [4.69, 9.17) is 0 Å². The zero-order valence-electron chi connectivity index (χ0n) is 6.76. The smallest absolute Gasteiger partial charge is 0.0160 e. The van der Waals surface area contributed by atoms with E-state index in [9.17, 15) is 0 Å². The summed E-state index contributed by atoms with van der Waals surface area (Å²) in [5, 5.41) is 0. The first-order chi connectivity index (χ1) is 3.85. The highest BCUT2D eigenvalue weighted by Gasteiger charge is 1.90. The van der Waals surface area contributed by atoms with Gasteiger partial charge in [0, 0.05) is 6.54 Å². The van der Waals surface area contributed by atoms with Gasteiger partial charge in [-0.1, -0.05) is 19.9 Å². The highest BCUT2D eigenvalue weighted by molar-refractivity contribution is 5.85. The Balaban J connectivity index is -0.000000245. The van der Waals surface area contributed by atoms with Crippen molar-refractivity contribution in [3.63, 3.8) is 0 Å². The summed E-state index contributed by atoms with van der Waals surface area (Å²) in [6.07, 6.45) is 1.94. The fourth-order valence-electron chi connectivity index (χ4n) is 0.664. The Kier molecular flexibility index (Phi) is 19.3. The van der Waals surface area contributed by atoms with Gasteiger partial charge in [-0.15, -0.1) is 19.0 Å². The first kappa shape index (κ1) is 16.5. The van der Waals surface area contributed by atoms with Crippen LogP contribution >= 0.6 is 12.4 Å². The molecule has 0 rings (SSSR count). The quantitative estimate of drug-likeness (QED) is 0.578. The van der Waals surface area contributed by atoms with E-state index in [1.807, 2.05) is 6.08 Å². The molecule has 0 spiro atoms. The van der Waals surface area contributed by atoms with Crippen LogP contribution in [0.2, 0.25) is 0 Å². The van der Waals surface area contributed by atoms with Crippen molar-refractivity contribution in [2.75, 3.05) is 19.6 Å². The topological polar surface area (TPSA) is 34.7 Å². The van der Waals surface area contributed by atoms with Crippen LogP contribution in [0.5, 0.6) is 0 Å². The molecule has 10 heavy (non-hydrogen) atoms. The van der Waals surface area contributed by atoms with Crippen molar-refractivity contribution in [3.8, 4) is 0 Å². The van der Waals surface area contributed by atoms with Crippen molar-refractivity contribution in [2.45, 2.75) is 13.8 Å². The van der Waals surface area contributed by atoms with E-state index in [2.05, 4.69) is 25.3 Å². The van der Waals surface area contributed by atoms with Crippen molar-refractivity contribution in [2.24, 2.45) is 0 Å². The van der Waals surface area contributed by atoms with Crippen molar-refractivity contribution in [3.05, 3.63) is 12.7 Å². The summed E-state index contributed by atoms with van der Waals surface area (Å²) in [5.41, 5.74) is 0. The van der Waals surface area contributed by atoms with Crippen LogP contribution in [0.15, 0.2) is 12.7 Å². The number of hydrogen-bond acceptors (Lipinski definition) is 1. The molecule has 0 unspecified atom stereocenters. The lowest BCUT2D eigenvalue weighted by molar-refractivity contribution is 0.337. The molecule has 0 aliphatic heterocycles. The van der Waals surface area contributed by atoms with Crippen LogP contribution in [0.3, 0.4) is 0 Å². The van der Waals surface area contributed by atoms with E-state index < -0.39 is 0 Å². The number of hydrogen-bond donors (Lipinski definition) is 0. The van der Waals surface area contributed by atoms with Crippen molar-refractivity contribution >= 4 is 12.4 Å². The predicted octanol–water partition coefficient (Wildman–Crippen LogP) is 1.11. The summed E-state index contributed by atoms with van der Waals surface area (Å²) in [6, 6.07) is 0. The summed E-state index contributed by atoms with van der Waals surface area (Å²) in [7, 11) is 0. The van der Waals surface area contributed by atoms with E-state index in [0.717, 1.165) is 19.6 Å². The van der Waals surface area contributed by atoms with Gasteiger partial charge < -0.3 is 10.4 Å². The molecule has 0 bridgehead atoms. The Morgan fingerprint density at radius 2 is 1.70 bits per heavy atom. The van der Waals surface area contributed by atoms with Gasteiger partial charge in [0.2, 0.25) is 0 Å². The molecule has 2 N–H and O–H groups in total. The lowest BCUT2D eigenvalue weighted by Gasteiger charge is -2.14. The molecule has 0 saturated heterocycles. The maximum absolute atomic E-state index is 3.65. The predicted molar refractivity (Wildman–Crippen MR) is 48.8 cm³/mol. The number of likely N-dealkylation sites (N-methyl/N-ethyl adjacent to an activating group) is 1. The monoisotopic (exact) mass is 167 g/mol. The third-order valence-electron chi connectivity index (χ3n) is 1.28. The zero-order valence-corrected chi connectivity index (χ0v) is 7.58. The lowest BCUT2D eigenvalue weighted by Crippen LogP contribution is -2.22. The molecule has 0 atom stereocenters. The van der Waals surface area contributed by atoms with Gasteiger partial charge in [0.15, 0.2) is 0 Å². The summed E-state index contributed by atoms with van der Waals surface area (Å²) in [4.78, 5) is 2.31. The molecule has 0 aromatic rings. The third kappa shape index (κ3) is 7.95. The van der Waals surface area contributed by atoms with Gasteiger partial charge in [0.05, 0.1) is 0 Å². The minimum Gasteiger partial charge on any atom is -0.412 e. The van der Waals surface area contributed by atoms with Crippen LogP contribution in [-0.4, -0.2) is 30.0 Å². The summed E-state index contributed by atoms with van der Waals surface area (Å²) in [6.45, 7) is 11.2. The van der Waals surface area contributed by atoms with Crippen molar-refractivity contribution in [1.29, 1.82) is 0 Å². The van der Waals surface area contributed by atoms with E-state index in [-0.39, 0.29) is 17.9 Å². The average Bonchev–Trinajstić information content (AvgIpc) is 1.83. The van der Waals surface area contributed by atoms with Gasteiger partial charge in [0.1, 0.15) is 0 Å². The Hall–Kier alpha value is -0.0500. The standard InChI is InChI=1S/C7H15N.ClH.H2O/c1-4-7-8(5-2)6-3;;/h4H,1,5-7H2,2-3H3;1H;1H2. The molecule has 2 nitrogen and oxygen atoms in total. The third-order valence-corrected chi connectivity index (χ3v) is 1.28. The second-order valence-corrected chi connectivity index (χ2v) is 1.77. The van der Waals surface area contributed by atoms with E-state index in [0.29, 0.717) is 0 Å². The van der Waals surface area contributed by atoms with Crippen molar-refractivity contribution < 1.29 is 5.48 Å². The molecule has 0 aromatic carbocycles. The fraction of sp³-hybridized carbons (Fsp3) is 0.714. The molecule has 0 saturated carbocycles. The number of nitrogens with zero attached hydrogens (tertiary/aromatic N) is 1. The highest BCUT2D eigenvalue weighted by Crippen LogP contribution is 1.84. The zero-order chi connectivity index (χ0) is 6.41. The van der Waals surface area contributed by atoms with E-state index in [1.54, 1.807) is 0 Å². The molecule has 0 aromatic heterocycles. The summed E-state index contributed by atoms with van der Waals surface area (Å²) in [5.74, 6) is 0. The molecule has 3 heteroatoms. The van der Waals surface area contributed by atoms with E-state index in [1.165, 1.54) is 0 Å². The van der Waals surface area contributed by atoms with Crippen LogP contribution < -0.4 is 0 Å². The first-order valence-corrected chi connectivity index (χ1v) is 3.18. The molecular weight excluding hydrogens is 150 g/mol. The van der Waals surface area contributed by atoms with E-state index >= 15 is 0 Å². The Bertz CT molecular complexity index is 64.6. The summed E-state index contributed by atoms with van der Waals surface area (Å²) < 4.78 is 0. The SMILES string of the molecule is C=CCN(CC)CC.Cl.O. The molecule has 64 valence electrons. The Morgan fingerprint density at radius 1 is 1.30 bits per heavy atom. The summed E-state index contributed by atoms with van der Waals surface area (Å²) >= 11 is 0. The average molecular weight is 168 g/mol. The minimum absolute atomic E-state index is 0. The minimum atomic E-state index is 0.